The zero-order valence-corrected chi connectivity index (χ0v) is 16.7. The summed E-state index contributed by atoms with van der Waals surface area (Å²) in [6.07, 6.45) is 0. The SMILES string of the molecule is O=c1c2ccccc2[nH]c2cccc(OOc3cccc4[nH]c5ccccc5c(=O)c34)c12. The van der Waals surface area contributed by atoms with E-state index in [1.54, 1.807) is 36.4 Å². The standard InChI is InChI=1S/C26H16N2O4/c29-25-15-7-1-3-9-17(15)27-19-11-5-13-21(23(19)25)31-32-22-14-6-12-20-24(22)26(30)16-8-2-4-10-18(16)28-20/h1-14H,(H,27,29)(H,28,30). The fourth-order valence-electron chi connectivity index (χ4n) is 4.11. The monoisotopic (exact) mass is 420 g/mol. The van der Waals surface area contributed by atoms with Gasteiger partial charge in [0, 0.05) is 21.8 Å². The molecule has 0 fully saturated rings. The smallest absolute Gasteiger partial charge is 0.201 e. The highest BCUT2D eigenvalue weighted by Gasteiger charge is 2.14. The quantitative estimate of drug-likeness (QED) is 0.238. The maximum absolute atomic E-state index is 13.1. The van der Waals surface area contributed by atoms with Crippen molar-refractivity contribution in [3.63, 3.8) is 0 Å². The summed E-state index contributed by atoms with van der Waals surface area (Å²) in [6.45, 7) is 0. The summed E-state index contributed by atoms with van der Waals surface area (Å²) in [5.74, 6) is 0.535. The molecule has 0 amide bonds. The number of aromatic amines is 2. The Kier molecular flexibility index (Phi) is 3.98. The predicted molar refractivity (Wildman–Crippen MR) is 125 cm³/mol. The Hall–Kier alpha value is -4.58. The molecule has 2 aromatic heterocycles. The Labute approximate surface area is 180 Å². The van der Waals surface area contributed by atoms with E-state index in [1.165, 1.54) is 0 Å². The third kappa shape index (κ3) is 2.74. The van der Waals surface area contributed by atoms with Crippen LogP contribution in [0.1, 0.15) is 0 Å². The molecule has 0 bridgehead atoms. The average molecular weight is 420 g/mol. The van der Waals surface area contributed by atoms with Crippen LogP contribution in [-0.2, 0) is 0 Å². The van der Waals surface area contributed by atoms with Crippen LogP contribution in [0.3, 0.4) is 0 Å². The zero-order chi connectivity index (χ0) is 21.7. The lowest BCUT2D eigenvalue weighted by Crippen LogP contribution is -2.11. The van der Waals surface area contributed by atoms with Gasteiger partial charge in [0.05, 0.1) is 21.8 Å². The van der Waals surface area contributed by atoms with E-state index in [1.807, 2.05) is 48.5 Å². The van der Waals surface area contributed by atoms with Crippen LogP contribution >= 0.6 is 0 Å². The van der Waals surface area contributed by atoms with Gasteiger partial charge in [0.1, 0.15) is 0 Å². The highest BCUT2D eigenvalue weighted by molar-refractivity contribution is 5.96. The molecule has 0 saturated heterocycles. The van der Waals surface area contributed by atoms with Crippen molar-refractivity contribution in [2.75, 3.05) is 0 Å². The minimum Gasteiger partial charge on any atom is -0.354 e. The molecule has 32 heavy (non-hydrogen) atoms. The molecule has 154 valence electrons. The van der Waals surface area contributed by atoms with Crippen molar-refractivity contribution in [1.29, 1.82) is 0 Å². The summed E-state index contributed by atoms with van der Waals surface area (Å²) >= 11 is 0. The van der Waals surface area contributed by atoms with Crippen molar-refractivity contribution in [1.82, 2.24) is 9.97 Å². The van der Waals surface area contributed by atoms with Crippen molar-refractivity contribution < 1.29 is 9.78 Å². The van der Waals surface area contributed by atoms with Gasteiger partial charge in [0.2, 0.25) is 10.9 Å². The van der Waals surface area contributed by atoms with E-state index < -0.39 is 0 Å². The summed E-state index contributed by atoms with van der Waals surface area (Å²) in [6, 6.07) is 25.1. The molecular weight excluding hydrogens is 404 g/mol. The predicted octanol–water partition coefficient (Wildman–Crippen LogP) is 5.05. The highest BCUT2D eigenvalue weighted by atomic mass is 17.2. The maximum Gasteiger partial charge on any atom is 0.201 e. The molecule has 6 nitrogen and oxygen atoms in total. The number of pyridine rings is 2. The Morgan fingerprint density at radius 1 is 0.469 bits per heavy atom. The van der Waals surface area contributed by atoms with Gasteiger partial charge in [-0.2, -0.15) is 0 Å². The van der Waals surface area contributed by atoms with Gasteiger partial charge in [-0.1, -0.05) is 36.4 Å². The molecule has 0 saturated carbocycles. The minimum absolute atomic E-state index is 0.157. The van der Waals surface area contributed by atoms with Crippen LogP contribution in [0.25, 0.3) is 43.6 Å². The number of benzene rings is 4. The number of aromatic nitrogens is 2. The van der Waals surface area contributed by atoms with Crippen LogP contribution in [-0.4, -0.2) is 9.97 Å². The van der Waals surface area contributed by atoms with Crippen molar-refractivity contribution in [2.24, 2.45) is 0 Å². The molecule has 0 radical (unpaired) electrons. The number of hydrogen-bond acceptors (Lipinski definition) is 4. The third-order valence-electron chi connectivity index (χ3n) is 5.61. The summed E-state index contributed by atoms with van der Waals surface area (Å²) in [4.78, 5) is 44.0. The van der Waals surface area contributed by atoms with Crippen molar-refractivity contribution in [3.05, 3.63) is 105 Å². The van der Waals surface area contributed by atoms with E-state index >= 15 is 0 Å². The number of nitrogens with one attached hydrogen (secondary N) is 2. The first kappa shape index (κ1) is 18.2. The zero-order valence-electron chi connectivity index (χ0n) is 16.7. The van der Waals surface area contributed by atoms with Crippen molar-refractivity contribution in [2.45, 2.75) is 0 Å². The number of fused-ring (bicyclic) bond motifs is 4. The summed E-state index contributed by atoms with van der Waals surface area (Å²) < 4.78 is 0. The lowest BCUT2D eigenvalue weighted by molar-refractivity contribution is -0.0969. The first-order chi connectivity index (χ1) is 15.7. The highest BCUT2D eigenvalue weighted by Crippen LogP contribution is 2.27. The minimum atomic E-state index is -0.157. The largest absolute Gasteiger partial charge is 0.354 e. The van der Waals surface area contributed by atoms with Crippen LogP contribution in [0.4, 0.5) is 0 Å². The number of hydrogen-bond donors (Lipinski definition) is 2. The van der Waals surface area contributed by atoms with Crippen LogP contribution < -0.4 is 20.6 Å². The fourth-order valence-corrected chi connectivity index (χ4v) is 4.11. The van der Waals surface area contributed by atoms with E-state index in [9.17, 15) is 9.59 Å². The molecule has 6 aromatic rings. The molecule has 0 spiro atoms. The van der Waals surface area contributed by atoms with Gasteiger partial charge in [-0.15, -0.1) is 0 Å². The first-order valence-corrected chi connectivity index (χ1v) is 10.1. The van der Waals surface area contributed by atoms with Gasteiger partial charge >= 0.3 is 0 Å². The number of para-hydroxylation sites is 2. The fraction of sp³-hybridized carbons (Fsp3) is 0. The van der Waals surface area contributed by atoms with Crippen LogP contribution in [0.5, 0.6) is 11.5 Å². The maximum atomic E-state index is 13.1. The van der Waals surface area contributed by atoms with E-state index in [-0.39, 0.29) is 22.4 Å². The molecule has 0 atom stereocenters. The molecule has 6 rings (SSSR count). The second-order valence-corrected chi connectivity index (χ2v) is 7.52. The number of rotatable bonds is 3. The summed E-state index contributed by atoms with van der Waals surface area (Å²) in [7, 11) is 0. The van der Waals surface area contributed by atoms with E-state index in [0.717, 1.165) is 11.0 Å². The lowest BCUT2D eigenvalue weighted by atomic mass is 10.1. The van der Waals surface area contributed by atoms with Gasteiger partial charge < -0.3 is 9.97 Å². The molecule has 2 heterocycles. The van der Waals surface area contributed by atoms with E-state index in [0.29, 0.717) is 32.6 Å². The second kappa shape index (κ2) is 6.99. The average Bonchev–Trinajstić information content (AvgIpc) is 2.83. The number of H-pyrrole nitrogens is 2. The Morgan fingerprint density at radius 3 is 1.34 bits per heavy atom. The lowest BCUT2D eigenvalue weighted by Gasteiger charge is -2.11. The first-order valence-electron chi connectivity index (χ1n) is 10.1. The normalized spacial score (nSPS) is 11.4. The molecule has 6 heteroatoms. The van der Waals surface area contributed by atoms with Crippen molar-refractivity contribution >= 4 is 43.6 Å². The molecule has 2 N–H and O–H groups in total. The van der Waals surface area contributed by atoms with E-state index in [4.69, 9.17) is 9.78 Å². The van der Waals surface area contributed by atoms with Crippen molar-refractivity contribution in [3.8, 4) is 11.5 Å². The molecular formula is C26H16N2O4. The third-order valence-corrected chi connectivity index (χ3v) is 5.61. The van der Waals surface area contributed by atoms with Gasteiger partial charge in [0.25, 0.3) is 0 Å². The molecule has 0 unspecified atom stereocenters. The van der Waals surface area contributed by atoms with Crippen LogP contribution in [0.15, 0.2) is 94.5 Å². The molecule has 0 aliphatic heterocycles. The van der Waals surface area contributed by atoms with Gasteiger partial charge in [-0.25, -0.2) is 0 Å². The van der Waals surface area contributed by atoms with Gasteiger partial charge in [-0.3, -0.25) is 19.4 Å². The van der Waals surface area contributed by atoms with Gasteiger partial charge in [-0.05, 0) is 48.5 Å². The molecule has 0 aliphatic rings. The Balaban J connectivity index is 1.49. The topological polar surface area (TPSA) is 84.2 Å². The van der Waals surface area contributed by atoms with Gasteiger partial charge in [0.15, 0.2) is 11.5 Å². The second-order valence-electron chi connectivity index (χ2n) is 7.52. The Morgan fingerprint density at radius 2 is 0.875 bits per heavy atom. The summed E-state index contributed by atoms with van der Waals surface area (Å²) in [5.41, 5.74) is 2.45. The molecule has 0 aliphatic carbocycles. The van der Waals surface area contributed by atoms with Crippen LogP contribution in [0, 0.1) is 0 Å². The molecule has 4 aromatic carbocycles. The Bertz CT molecular complexity index is 1650. The van der Waals surface area contributed by atoms with E-state index in [2.05, 4.69) is 9.97 Å². The summed E-state index contributed by atoms with van der Waals surface area (Å²) in [5, 5.41) is 1.88. The van der Waals surface area contributed by atoms with Crippen LogP contribution in [0.2, 0.25) is 0 Å².